The van der Waals surface area contributed by atoms with Crippen molar-refractivity contribution in [3.63, 3.8) is 0 Å². The van der Waals surface area contributed by atoms with Crippen LogP contribution in [0, 0.1) is 0 Å². The van der Waals surface area contributed by atoms with Gasteiger partial charge in [0.05, 0.1) is 25.9 Å². The predicted molar refractivity (Wildman–Crippen MR) is 103 cm³/mol. The maximum atomic E-state index is 5.78. The fourth-order valence-corrected chi connectivity index (χ4v) is 2.55. The summed E-state index contributed by atoms with van der Waals surface area (Å²) < 4.78 is 16.8. The minimum atomic E-state index is 0.268. The van der Waals surface area contributed by atoms with Crippen molar-refractivity contribution < 1.29 is 14.2 Å². The fraction of sp³-hybridized carbons (Fsp3) is 0.684. The Morgan fingerprint density at radius 3 is 3.04 bits per heavy atom. The number of guanidine groups is 1. The van der Waals surface area contributed by atoms with Crippen molar-refractivity contribution in [2.75, 3.05) is 39.5 Å². The number of ether oxygens (including phenoxy) is 3. The van der Waals surface area contributed by atoms with Crippen molar-refractivity contribution >= 4 is 5.96 Å². The lowest BCUT2D eigenvalue weighted by atomic mass is 10.3. The third-order valence-electron chi connectivity index (χ3n) is 3.90. The molecule has 2 rings (SSSR count). The fourth-order valence-electron chi connectivity index (χ4n) is 2.55. The van der Waals surface area contributed by atoms with E-state index in [0.29, 0.717) is 19.0 Å². The van der Waals surface area contributed by atoms with Crippen LogP contribution in [0.2, 0.25) is 0 Å². The van der Waals surface area contributed by atoms with E-state index in [1.54, 1.807) is 6.20 Å². The summed E-state index contributed by atoms with van der Waals surface area (Å²) in [5, 5.41) is 6.61. The predicted octanol–water partition coefficient (Wildman–Crippen LogP) is 2.12. The summed E-state index contributed by atoms with van der Waals surface area (Å²) in [6, 6.07) is 3.91. The van der Waals surface area contributed by atoms with Crippen molar-refractivity contribution in [1.82, 2.24) is 15.6 Å². The summed E-state index contributed by atoms with van der Waals surface area (Å²) in [5.41, 5.74) is 0.989. The Hall–Kier alpha value is -1.86. The summed E-state index contributed by atoms with van der Waals surface area (Å²) in [5.74, 6) is 1.46. The van der Waals surface area contributed by atoms with Crippen LogP contribution in [0.25, 0.3) is 0 Å². The Balaban J connectivity index is 1.76. The first-order valence-corrected chi connectivity index (χ1v) is 9.61. The lowest BCUT2D eigenvalue weighted by Crippen LogP contribution is -2.38. The third-order valence-corrected chi connectivity index (χ3v) is 3.90. The van der Waals surface area contributed by atoms with Gasteiger partial charge in [-0.05, 0) is 32.3 Å². The van der Waals surface area contributed by atoms with Crippen molar-refractivity contribution in [3.05, 3.63) is 23.9 Å². The lowest BCUT2D eigenvalue weighted by molar-refractivity contribution is 0.0420. The van der Waals surface area contributed by atoms with E-state index in [0.717, 1.165) is 63.7 Å². The number of rotatable bonds is 11. The molecule has 1 aromatic heterocycles. The van der Waals surface area contributed by atoms with Gasteiger partial charge in [0.25, 0.3) is 0 Å². The molecule has 2 heterocycles. The topological polar surface area (TPSA) is 77.0 Å². The molecule has 2 N–H and O–H groups in total. The highest BCUT2D eigenvalue weighted by Crippen LogP contribution is 2.15. The highest BCUT2D eigenvalue weighted by Gasteiger charge is 2.15. The molecule has 1 fully saturated rings. The van der Waals surface area contributed by atoms with Crippen LogP contribution in [-0.2, 0) is 16.0 Å². The summed E-state index contributed by atoms with van der Waals surface area (Å²) >= 11 is 0. The first-order chi connectivity index (χ1) is 12.8. The van der Waals surface area contributed by atoms with Gasteiger partial charge in [0, 0.05) is 38.1 Å². The summed E-state index contributed by atoms with van der Waals surface area (Å²) in [7, 11) is 0. The number of aliphatic imine (C=N–C) groups is 1. The molecule has 0 aliphatic carbocycles. The zero-order valence-corrected chi connectivity index (χ0v) is 16.0. The van der Waals surface area contributed by atoms with Crippen LogP contribution < -0.4 is 15.4 Å². The normalized spacial score (nSPS) is 17.3. The Kier molecular flexibility index (Phi) is 9.82. The second kappa shape index (κ2) is 12.5. The quantitative estimate of drug-likeness (QED) is 0.356. The highest BCUT2D eigenvalue weighted by atomic mass is 16.5. The van der Waals surface area contributed by atoms with Gasteiger partial charge < -0.3 is 24.8 Å². The molecule has 1 aliphatic rings. The molecule has 26 heavy (non-hydrogen) atoms. The van der Waals surface area contributed by atoms with Crippen LogP contribution in [0.5, 0.6) is 5.88 Å². The zero-order chi connectivity index (χ0) is 18.5. The second-order valence-corrected chi connectivity index (χ2v) is 6.15. The molecule has 0 amide bonds. The van der Waals surface area contributed by atoms with Crippen molar-refractivity contribution in [3.8, 4) is 5.88 Å². The second-order valence-electron chi connectivity index (χ2n) is 6.15. The van der Waals surface area contributed by atoms with E-state index in [1.807, 2.05) is 12.1 Å². The summed E-state index contributed by atoms with van der Waals surface area (Å²) in [4.78, 5) is 8.95. The standard InChI is InChI=1S/C19H32N4O3/c1-3-11-26-18-16(7-5-9-21-18)14-23-19(20-4-2)22-10-6-12-25-17-8-13-24-15-17/h5,7,9,17H,3-4,6,8,10-15H2,1-2H3,(H2,20,22,23). The Labute approximate surface area is 156 Å². The average molecular weight is 364 g/mol. The number of nitrogens with one attached hydrogen (secondary N) is 2. The number of hydrogen-bond acceptors (Lipinski definition) is 5. The molecule has 0 aromatic carbocycles. The Bertz CT molecular complexity index is 533. The molecule has 1 aromatic rings. The van der Waals surface area contributed by atoms with Crippen molar-refractivity contribution in [2.45, 2.75) is 45.8 Å². The number of hydrogen-bond donors (Lipinski definition) is 2. The SMILES string of the molecule is CCCOc1ncccc1CN=C(NCC)NCCCOC1CCOC1. The van der Waals surface area contributed by atoms with Crippen molar-refractivity contribution in [2.24, 2.45) is 4.99 Å². The van der Waals surface area contributed by atoms with E-state index >= 15 is 0 Å². The van der Waals surface area contributed by atoms with Gasteiger partial charge in [0.1, 0.15) is 0 Å². The van der Waals surface area contributed by atoms with E-state index in [2.05, 4.69) is 34.5 Å². The van der Waals surface area contributed by atoms with Gasteiger partial charge in [-0.25, -0.2) is 9.98 Å². The molecule has 1 aliphatic heterocycles. The van der Waals surface area contributed by atoms with Crippen LogP contribution in [0.3, 0.4) is 0 Å². The average Bonchev–Trinajstić information content (AvgIpc) is 3.18. The van der Waals surface area contributed by atoms with Gasteiger partial charge >= 0.3 is 0 Å². The van der Waals surface area contributed by atoms with Crippen LogP contribution >= 0.6 is 0 Å². The number of pyridine rings is 1. The zero-order valence-electron chi connectivity index (χ0n) is 16.0. The molecule has 0 bridgehead atoms. The molecular formula is C19H32N4O3. The largest absolute Gasteiger partial charge is 0.477 e. The first-order valence-electron chi connectivity index (χ1n) is 9.61. The third kappa shape index (κ3) is 7.58. The van der Waals surface area contributed by atoms with Crippen LogP contribution in [-0.4, -0.2) is 56.6 Å². The molecule has 7 heteroatoms. The molecule has 0 saturated carbocycles. The van der Waals surface area contributed by atoms with Gasteiger partial charge in [-0.3, -0.25) is 0 Å². The minimum Gasteiger partial charge on any atom is -0.477 e. The monoisotopic (exact) mass is 364 g/mol. The summed E-state index contributed by atoms with van der Waals surface area (Å²) in [6.07, 6.45) is 4.91. The van der Waals surface area contributed by atoms with E-state index < -0.39 is 0 Å². The Morgan fingerprint density at radius 1 is 1.35 bits per heavy atom. The molecule has 146 valence electrons. The van der Waals surface area contributed by atoms with Crippen LogP contribution in [0.15, 0.2) is 23.3 Å². The molecule has 1 atom stereocenters. The molecule has 1 saturated heterocycles. The van der Waals surface area contributed by atoms with Gasteiger partial charge in [-0.15, -0.1) is 0 Å². The molecular weight excluding hydrogens is 332 g/mol. The van der Waals surface area contributed by atoms with Crippen LogP contribution in [0.1, 0.15) is 38.7 Å². The molecule has 0 radical (unpaired) electrons. The van der Waals surface area contributed by atoms with E-state index in [-0.39, 0.29) is 6.10 Å². The van der Waals surface area contributed by atoms with Crippen LogP contribution in [0.4, 0.5) is 0 Å². The highest BCUT2D eigenvalue weighted by molar-refractivity contribution is 5.79. The van der Waals surface area contributed by atoms with Gasteiger partial charge in [-0.2, -0.15) is 0 Å². The van der Waals surface area contributed by atoms with E-state index in [9.17, 15) is 0 Å². The number of aromatic nitrogens is 1. The lowest BCUT2D eigenvalue weighted by Gasteiger charge is -2.13. The molecule has 1 unspecified atom stereocenters. The van der Waals surface area contributed by atoms with Gasteiger partial charge in [0.15, 0.2) is 5.96 Å². The maximum Gasteiger partial charge on any atom is 0.218 e. The molecule has 0 spiro atoms. The smallest absolute Gasteiger partial charge is 0.218 e. The minimum absolute atomic E-state index is 0.268. The van der Waals surface area contributed by atoms with E-state index in [1.165, 1.54) is 0 Å². The van der Waals surface area contributed by atoms with E-state index in [4.69, 9.17) is 14.2 Å². The number of nitrogens with zero attached hydrogens (tertiary/aromatic N) is 2. The first kappa shape index (κ1) is 20.5. The summed E-state index contributed by atoms with van der Waals surface area (Å²) in [6.45, 7) is 9.23. The Morgan fingerprint density at radius 2 is 2.27 bits per heavy atom. The van der Waals surface area contributed by atoms with Gasteiger partial charge in [-0.1, -0.05) is 13.0 Å². The maximum absolute atomic E-state index is 5.78. The van der Waals surface area contributed by atoms with Gasteiger partial charge in [0.2, 0.25) is 5.88 Å². The van der Waals surface area contributed by atoms with Crippen molar-refractivity contribution in [1.29, 1.82) is 0 Å². The molecule has 7 nitrogen and oxygen atoms in total.